The molecule has 2 nitrogen and oxygen atoms in total. The molecule has 0 aromatic heterocycles. The van der Waals surface area contributed by atoms with Crippen molar-refractivity contribution in [3.8, 4) is 5.75 Å². The zero-order valence-corrected chi connectivity index (χ0v) is 11.1. The van der Waals surface area contributed by atoms with E-state index in [4.69, 9.17) is 4.74 Å². The first-order valence-corrected chi connectivity index (χ1v) is 6.19. The molecule has 0 fully saturated rings. The van der Waals surface area contributed by atoms with Gasteiger partial charge >= 0.3 is 0 Å². The maximum Gasteiger partial charge on any atom is 0.122 e. The Balaban J connectivity index is 2.82. The van der Waals surface area contributed by atoms with E-state index in [1.807, 2.05) is 12.1 Å². The van der Waals surface area contributed by atoms with E-state index in [2.05, 4.69) is 37.9 Å². The molecule has 1 atom stereocenters. The first kappa shape index (κ1) is 13.8. The van der Waals surface area contributed by atoms with Crippen molar-refractivity contribution in [1.29, 1.82) is 0 Å². The molecule has 17 heavy (non-hydrogen) atoms. The molecule has 1 N–H and O–H groups in total. The second kappa shape index (κ2) is 7.13. The standard InChI is InChI=1S/C15H23NO/c1-5-7-14(16-6-2)11-13-10-12(3)8-9-15(13)17-4/h5,8-10,14,16H,1,6-7,11H2,2-4H3. The Morgan fingerprint density at radius 1 is 1.47 bits per heavy atom. The van der Waals surface area contributed by atoms with Crippen LogP contribution in [-0.2, 0) is 6.42 Å². The number of benzene rings is 1. The zero-order valence-electron chi connectivity index (χ0n) is 11.1. The van der Waals surface area contributed by atoms with Gasteiger partial charge in [-0.2, -0.15) is 0 Å². The van der Waals surface area contributed by atoms with Gasteiger partial charge in [-0.25, -0.2) is 0 Å². The van der Waals surface area contributed by atoms with Gasteiger partial charge in [-0.15, -0.1) is 6.58 Å². The fourth-order valence-corrected chi connectivity index (χ4v) is 2.06. The Morgan fingerprint density at radius 2 is 2.24 bits per heavy atom. The second-order valence-electron chi connectivity index (χ2n) is 4.30. The average molecular weight is 233 g/mol. The molecule has 0 radical (unpaired) electrons. The number of ether oxygens (including phenoxy) is 1. The lowest BCUT2D eigenvalue weighted by Gasteiger charge is -2.18. The maximum absolute atomic E-state index is 5.40. The van der Waals surface area contributed by atoms with E-state index in [0.717, 1.165) is 25.1 Å². The van der Waals surface area contributed by atoms with E-state index < -0.39 is 0 Å². The molecule has 0 saturated carbocycles. The number of nitrogens with one attached hydrogen (secondary N) is 1. The second-order valence-corrected chi connectivity index (χ2v) is 4.30. The molecule has 0 bridgehead atoms. The van der Waals surface area contributed by atoms with Gasteiger partial charge in [0, 0.05) is 6.04 Å². The highest BCUT2D eigenvalue weighted by Gasteiger charge is 2.10. The van der Waals surface area contributed by atoms with E-state index in [-0.39, 0.29) is 0 Å². The predicted octanol–water partition coefficient (Wildman–Crippen LogP) is 3.10. The van der Waals surface area contributed by atoms with Crippen molar-refractivity contribution in [1.82, 2.24) is 5.32 Å². The molecule has 0 saturated heterocycles. The van der Waals surface area contributed by atoms with Crippen molar-refractivity contribution in [2.24, 2.45) is 0 Å². The SMILES string of the molecule is C=CCC(Cc1cc(C)ccc1OC)NCC. The Morgan fingerprint density at radius 3 is 2.82 bits per heavy atom. The highest BCUT2D eigenvalue weighted by atomic mass is 16.5. The van der Waals surface area contributed by atoms with Gasteiger partial charge in [0.05, 0.1) is 7.11 Å². The molecule has 1 aromatic carbocycles. The van der Waals surface area contributed by atoms with E-state index >= 15 is 0 Å². The third kappa shape index (κ3) is 4.23. The summed E-state index contributed by atoms with van der Waals surface area (Å²) < 4.78 is 5.40. The zero-order chi connectivity index (χ0) is 12.7. The minimum Gasteiger partial charge on any atom is -0.496 e. The molecule has 1 aromatic rings. The van der Waals surface area contributed by atoms with Crippen molar-refractivity contribution in [3.63, 3.8) is 0 Å². The minimum atomic E-state index is 0.438. The summed E-state index contributed by atoms with van der Waals surface area (Å²) in [6, 6.07) is 6.76. The number of rotatable bonds is 7. The van der Waals surface area contributed by atoms with Crippen molar-refractivity contribution in [3.05, 3.63) is 42.0 Å². The van der Waals surface area contributed by atoms with Crippen molar-refractivity contribution in [2.75, 3.05) is 13.7 Å². The molecule has 1 rings (SSSR count). The summed E-state index contributed by atoms with van der Waals surface area (Å²) in [4.78, 5) is 0. The summed E-state index contributed by atoms with van der Waals surface area (Å²) >= 11 is 0. The molecule has 0 aliphatic heterocycles. The first-order chi connectivity index (χ1) is 8.21. The van der Waals surface area contributed by atoms with Gasteiger partial charge in [0.2, 0.25) is 0 Å². The van der Waals surface area contributed by atoms with Crippen molar-refractivity contribution >= 4 is 0 Å². The van der Waals surface area contributed by atoms with Crippen molar-refractivity contribution < 1.29 is 4.74 Å². The molecule has 0 spiro atoms. The van der Waals surface area contributed by atoms with E-state index in [0.29, 0.717) is 6.04 Å². The van der Waals surface area contributed by atoms with Gasteiger partial charge in [-0.05, 0) is 37.9 Å². The van der Waals surface area contributed by atoms with Crippen LogP contribution in [0.25, 0.3) is 0 Å². The van der Waals surface area contributed by atoms with Crippen LogP contribution in [-0.4, -0.2) is 19.7 Å². The molecular formula is C15H23NO. The van der Waals surface area contributed by atoms with Crippen LogP contribution in [0.2, 0.25) is 0 Å². The van der Waals surface area contributed by atoms with Gasteiger partial charge in [0.25, 0.3) is 0 Å². The molecule has 94 valence electrons. The number of likely N-dealkylation sites (N-methyl/N-ethyl adjacent to an activating group) is 1. The van der Waals surface area contributed by atoms with E-state index in [1.54, 1.807) is 7.11 Å². The minimum absolute atomic E-state index is 0.438. The largest absolute Gasteiger partial charge is 0.496 e. The lowest BCUT2D eigenvalue weighted by atomic mass is 10.0. The van der Waals surface area contributed by atoms with Crippen LogP contribution in [0.15, 0.2) is 30.9 Å². The quantitative estimate of drug-likeness (QED) is 0.731. The normalized spacial score (nSPS) is 12.2. The van der Waals surface area contributed by atoms with Gasteiger partial charge in [-0.1, -0.05) is 30.7 Å². The fraction of sp³-hybridized carbons (Fsp3) is 0.467. The first-order valence-electron chi connectivity index (χ1n) is 6.19. The lowest BCUT2D eigenvalue weighted by Crippen LogP contribution is -2.30. The van der Waals surface area contributed by atoms with Gasteiger partial charge in [-0.3, -0.25) is 0 Å². The summed E-state index contributed by atoms with van der Waals surface area (Å²) in [5, 5.41) is 3.48. The third-order valence-electron chi connectivity index (χ3n) is 2.85. The molecule has 0 amide bonds. The Kier molecular flexibility index (Phi) is 5.78. The molecular weight excluding hydrogens is 210 g/mol. The summed E-state index contributed by atoms with van der Waals surface area (Å²) in [6.45, 7) is 9.03. The van der Waals surface area contributed by atoms with Crippen LogP contribution in [0.5, 0.6) is 5.75 Å². The maximum atomic E-state index is 5.40. The number of hydrogen-bond donors (Lipinski definition) is 1. The lowest BCUT2D eigenvalue weighted by molar-refractivity contribution is 0.405. The number of methoxy groups -OCH3 is 1. The molecule has 0 aliphatic rings. The molecule has 2 heteroatoms. The van der Waals surface area contributed by atoms with Crippen LogP contribution in [0.4, 0.5) is 0 Å². The summed E-state index contributed by atoms with van der Waals surface area (Å²) in [7, 11) is 1.73. The predicted molar refractivity (Wildman–Crippen MR) is 73.7 cm³/mol. The molecule has 1 unspecified atom stereocenters. The average Bonchev–Trinajstić information content (AvgIpc) is 2.30. The van der Waals surface area contributed by atoms with Crippen LogP contribution in [0.3, 0.4) is 0 Å². The van der Waals surface area contributed by atoms with Crippen molar-refractivity contribution in [2.45, 2.75) is 32.7 Å². The van der Waals surface area contributed by atoms with E-state index in [9.17, 15) is 0 Å². The van der Waals surface area contributed by atoms with Gasteiger partial charge in [0.15, 0.2) is 0 Å². The van der Waals surface area contributed by atoms with E-state index in [1.165, 1.54) is 11.1 Å². The Bertz CT molecular complexity index is 360. The molecule has 0 heterocycles. The summed E-state index contributed by atoms with van der Waals surface area (Å²) in [5.74, 6) is 0.975. The van der Waals surface area contributed by atoms with Crippen LogP contribution in [0.1, 0.15) is 24.5 Å². The van der Waals surface area contributed by atoms with Gasteiger partial charge in [0.1, 0.15) is 5.75 Å². The number of aryl methyl sites for hydroxylation is 1. The smallest absolute Gasteiger partial charge is 0.122 e. The highest BCUT2D eigenvalue weighted by molar-refractivity contribution is 5.37. The Hall–Kier alpha value is -1.28. The highest BCUT2D eigenvalue weighted by Crippen LogP contribution is 2.21. The number of hydrogen-bond acceptors (Lipinski definition) is 2. The van der Waals surface area contributed by atoms with Crippen LogP contribution < -0.4 is 10.1 Å². The fourth-order valence-electron chi connectivity index (χ4n) is 2.06. The monoisotopic (exact) mass is 233 g/mol. The molecule has 0 aliphatic carbocycles. The summed E-state index contributed by atoms with van der Waals surface area (Å²) in [6.07, 6.45) is 3.92. The third-order valence-corrected chi connectivity index (χ3v) is 2.85. The Labute approximate surface area is 105 Å². The van der Waals surface area contributed by atoms with Crippen LogP contribution >= 0.6 is 0 Å². The summed E-state index contributed by atoms with van der Waals surface area (Å²) in [5.41, 5.74) is 2.54. The van der Waals surface area contributed by atoms with Crippen LogP contribution in [0, 0.1) is 6.92 Å². The van der Waals surface area contributed by atoms with Gasteiger partial charge < -0.3 is 10.1 Å². The topological polar surface area (TPSA) is 21.3 Å².